The lowest BCUT2D eigenvalue weighted by Crippen LogP contribution is -2.57. The van der Waals surface area contributed by atoms with Gasteiger partial charge in [-0.25, -0.2) is 0 Å². The van der Waals surface area contributed by atoms with Crippen molar-refractivity contribution in [3.63, 3.8) is 0 Å². The summed E-state index contributed by atoms with van der Waals surface area (Å²) in [7, 11) is 0. The number of hydrogen-bond acceptors (Lipinski definition) is 3. The van der Waals surface area contributed by atoms with Crippen molar-refractivity contribution in [3.05, 3.63) is 66.2 Å². The van der Waals surface area contributed by atoms with Gasteiger partial charge in [0, 0.05) is 38.3 Å². The van der Waals surface area contributed by atoms with Crippen LogP contribution in [-0.4, -0.2) is 53.8 Å². The molecule has 1 aliphatic heterocycles. The number of rotatable bonds is 7. The first-order valence-electron chi connectivity index (χ1n) is 11.6. The Morgan fingerprint density at radius 2 is 1.48 bits per heavy atom. The number of nitrogens with zero attached hydrogens (tertiary/aromatic N) is 2. The molecule has 5 nitrogen and oxygen atoms in total. The smallest absolute Gasteiger partial charge is 0.242 e. The van der Waals surface area contributed by atoms with E-state index >= 15 is 0 Å². The molecule has 0 aromatic heterocycles. The van der Waals surface area contributed by atoms with Gasteiger partial charge in [0.05, 0.1) is 6.04 Å². The third kappa shape index (κ3) is 5.73. The molecule has 2 aliphatic rings. The quantitative estimate of drug-likeness (QED) is 0.739. The lowest BCUT2D eigenvalue weighted by molar-refractivity contribution is -0.134. The maximum Gasteiger partial charge on any atom is 0.242 e. The largest absolute Gasteiger partial charge is 0.340 e. The molecule has 2 aromatic carbocycles. The Morgan fingerprint density at radius 1 is 0.871 bits per heavy atom. The third-order valence-electron chi connectivity index (χ3n) is 6.69. The maximum atomic E-state index is 13.2. The van der Waals surface area contributed by atoms with Gasteiger partial charge in [-0.3, -0.25) is 14.5 Å². The second-order valence-electron chi connectivity index (χ2n) is 8.75. The summed E-state index contributed by atoms with van der Waals surface area (Å²) in [6.07, 6.45) is 5.97. The van der Waals surface area contributed by atoms with Gasteiger partial charge in [-0.15, -0.1) is 0 Å². The summed E-state index contributed by atoms with van der Waals surface area (Å²) in [4.78, 5) is 30.2. The Kier molecular flexibility index (Phi) is 7.36. The summed E-state index contributed by atoms with van der Waals surface area (Å²) in [6.45, 7) is 2.94. The molecule has 2 fully saturated rings. The van der Waals surface area contributed by atoms with E-state index < -0.39 is 0 Å². The van der Waals surface area contributed by atoms with Crippen LogP contribution in [0.2, 0.25) is 0 Å². The molecule has 0 unspecified atom stereocenters. The number of hydrogen-bond donors (Lipinski definition) is 1. The predicted molar refractivity (Wildman–Crippen MR) is 124 cm³/mol. The highest BCUT2D eigenvalue weighted by atomic mass is 16.2. The van der Waals surface area contributed by atoms with Crippen LogP contribution < -0.4 is 5.32 Å². The van der Waals surface area contributed by atoms with Crippen LogP contribution in [0.3, 0.4) is 0 Å². The van der Waals surface area contributed by atoms with Crippen LogP contribution in [0.25, 0.3) is 0 Å². The maximum absolute atomic E-state index is 13.2. The minimum absolute atomic E-state index is 0.0990. The SMILES string of the molecule is O=C(Nc1ccccc1)[C@@H](C1CCCC1)N1CCN(C(=O)CCc2ccccc2)CC1. The highest BCUT2D eigenvalue weighted by Crippen LogP contribution is 2.31. The zero-order valence-corrected chi connectivity index (χ0v) is 18.2. The summed E-state index contributed by atoms with van der Waals surface area (Å²) in [5.74, 6) is 0.723. The van der Waals surface area contributed by atoms with Gasteiger partial charge in [0.15, 0.2) is 0 Å². The van der Waals surface area contributed by atoms with E-state index in [1.54, 1.807) is 0 Å². The van der Waals surface area contributed by atoms with Crippen LogP contribution in [0.4, 0.5) is 5.69 Å². The molecule has 1 aliphatic carbocycles. The summed E-state index contributed by atoms with van der Waals surface area (Å²) < 4.78 is 0. The molecule has 1 atom stereocenters. The Balaban J connectivity index is 1.33. The number of aryl methyl sites for hydroxylation is 1. The number of amides is 2. The molecular formula is C26H33N3O2. The molecule has 5 heteroatoms. The van der Waals surface area contributed by atoms with Crippen molar-refractivity contribution in [2.24, 2.45) is 5.92 Å². The highest BCUT2D eigenvalue weighted by Gasteiger charge is 2.37. The van der Waals surface area contributed by atoms with Gasteiger partial charge in [-0.2, -0.15) is 0 Å². The number of para-hydroxylation sites is 1. The van der Waals surface area contributed by atoms with E-state index in [0.29, 0.717) is 25.4 Å². The minimum Gasteiger partial charge on any atom is -0.340 e. The molecule has 2 aromatic rings. The summed E-state index contributed by atoms with van der Waals surface area (Å²) in [5.41, 5.74) is 2.05. The molecular weight excluding hydrogens is 386 g/mol. The number of benzene rings is 2. The van der Waals surface area contributed by atoms with E-state index in [1.807, 2.05) is 53.4 Å². The Hall–Kier alpha value is -2.66. The Labute approximate surface area is 185 Å². The van der Waals surface area contributed by atoms with Gasteiger partial charge in [0.1, 0.15) is 0 Å². The van der Waals surface area contributed by atoms with E-state index in [4.69, 9.17) is 0 Å². The molecule has 0 bridgehead atoms. The number of carbonyl (C=O) groups is 2. The summed E-state index contributed by atoms with van der Waals surface area (Å²) >= 11 is 0. The standard InChI is InChI=1S/C26H33N3O2/c30-24(16-15-21-9-3-1-4-10-21)28-17-19-29(20-18-28)25(22-11-7-8-12-22)26(31)27-23-13-5-2-6-14-23/h1-6,9-10,13-14,22,25H,7-8,11-12,15-20H2,(H,27,31)/t25-/m1/s1. The second kappa shape index (κ2) is 10.6. The van der Waals surface area contributed by atoms with Gasteiger partial charge in [0.2, 0.25) is 11.8 Å². The molecule has 0 radical (unpaired) electrons. The highest BCUT2D eigenvalue weighted by molar-refractivity contribution is 5.95. The van der Waals surface area contributed by atoms with E-state index in [0.717, 1.165) is 38.0 Å². The molecule has 164 valence electrons. The predicted octanol–water partition coefficient (Wildman–Crippen LogP) is 3.96. The fourth-order valence-corrected chi connectivity index (χ4v) is 4.99. The molecule has 1 saturated carbocycles. The van der Waals surface area contributed by atoms with Gasteiger partial charge in [-0.05, 0) is 42.9 Å². The van der Waals surface area contributed by atoms with Gasteiger partial charge in [0.25, 0.3) is 0 Å². The molecule has 0 spiro atoms. The molecule has 4 rings (SSSR count). The lowest BCUT2D eigenvalue weighted by Gasteiger charge is -2.40. The van der Waals surface area contributed by atoms with Crippen molar-refractivity contribution in [2.45, 2.75) is 44.6 Å². The van der Waals surface area contributed by atoms with Crippen molar-refractivity contribution < 1.29 is 9.59 Å². The van der Waals surface area contributed by atoms with Crippen molar-refractivity contribution in [1.29, 1.82) is 0 Å². The van der Waals surface area contributed by atoms with Crippen LogP contribution in [-0.2, 0) is 16.0 Å². The Bertz CT molecular complexity index is 841. The van der Waals surface area contributed by atoms with Crippen molar-refractivity contribution >= 4 is 17.5 Å². The Morgan fingerprint density at radius 3 is 2.13 bits per heavy atom. The average molecular weight is 420 g/mol. The lowest BCUT2D eigenvalue weighted by atomic mass is 9.94. The van der Waals surface area contributed by atoms with Crippen LogP contribution in [0.5, 0.6) is 0 Å². The first-order chi connectivity index (χ1) is 15.2. The number of nitrogens with one attached hydrogen (secondary N) is 1. The first kappa shape index (κ1) is 21.6. The summed E-state index contributed by atoms with van der Waals surface area (Å²) in [6, 6.07) is 19.8. The fourth-order valence-electron chi connectivity index (χ4n) is 4.99. The van der Waals surface area contributed by atoms with Crippen molar-refractivity contribution in [1.82, 2.24) is 9.80 Å². The fraction of sp³-hybridized carbons (Fsp3) is 0.462. The molecule has 31 heavy (non-hydrogen) atoms. The van der Waals surface area contributed by atoms with Crippen molar-refractivity contribution in [2.75, 3.05) is 31.5 Å². The zero-order chi connectivity index (χ0) is 21.5. The number of piperazine rings is 1. The van der Waals surface area contributed by atoms with Crippen LogP contribution in [0.15, 0.2) is 60.7 Å². The van der Waals surface area contributed by atoms with E-state index in [-0.39, 0.29) is 17.9 Å². The van der Waals surface area contributed by atoms with Crippen LogP contribution in [0, 0.1) is 5.92 Å². The average Bonchev–Trinajstić information content (AvgIpc) is 3.34. The van der Waals surface area contributed by atoms with E-state index in [2.05, 4.69) is 22.3 Å². The van der Waals surface area contributed by atoms with Crippen LogP contribution >= 0.6 is 0 Å². The van der Waals surface area contributed by atoms with Gasteiger partial charge >= 0.3 is 0 Å². The third-order valence-corrected chi connectivity index (χ3v) is 6.69. The number of anilines is 1. The molecule has 1 N–H and O–H groups in total. The van der Waals surface area contributed by atoms with E-state index in [1.165, 1.54) is 18.4 Å². The normalized spacial score (nSPS) is 18.6. The first-order valence-corrected chi connectivity index (χ1v) is 11.6. The minimum atomic E-state index is -0.107. The topological polar surface area (TPSA) is 52.7 Å². The van der Waals surface area contributed by atoms with Crippen molar-refractivity contribution in [3.8, 4) is 0 Å². The van der Waals surface area contributed by atoms with Gasteiger partial charge in [-0.1, -0.05) is 61.4 Å². The zero-order valence-electron chi connectivity index (χ0n) is 18.2. The van der Waals surface area contributed by atoms with Crippen LogP contribution in [0.1, 0.15) is 37.7 Å². The molecule has 1 heterocycles. The monoisotopic (exact) mass is 419 g/mol. The molecule has 1 saturated heterocycles. The molecule has 2 amide bonds. The number of carbonyl (C=O) groups excluding carboxylic acids is 2. The van der Waals surface area contributed by atoms with E-state index in [9.17, 15) is 9.59 Å². The second-order valence-corrected chi connectivity index (χ2v) is 8.75. The summed E-state index contributed by atoms with van der Waals surface area (Å²) in [5, 5.41) is 3.13. The van der Waals surface area contributed by atoms with Gasteiger partial charge < -0.3 is 10.2 Å².